The van der Waals surface area contributed by atoms with Crippen molar-refractivity contribution in [1.29, 1.82) is 0 Å². The molecule has 5 heteroatoms. The fourth-order valence-electron chi connectivity index (χ4n) is 0.698. The van der Waals surface area contributed by atoms with E-state index in [1.54, 1.807) is 0 Å². The van der Waals surface area contributed by atoms with Crippen molar-refractivity contribution in [3.63, 3.8) is 0 Å². The maximum absolute atomic E-state index is 13.0. The maximum atomic E-state index is 13.0. The average molecular weight is 195 g/mol. The van der Waals surface area contributed by atoms with Crippen LogP contribution in [-0.4, -0.2) is 11.5 Å². The second-order valence-corrected chi connectivity index (χ2v) is 3.70. The SMILES string of the molecule is NCCC(F)c1cnc(Cl)s1. The van der Waals surface area contributed by atoms with Crippen molar-refractivity contribution in [2.75, 3.05) is 6.54 Å². The van der Waals surface area contributed by atoms with Crippen molar-refractivity contribution >= 4 is 22.9 Å². The Morgan fingerprint density at radius 1 is 1.82 bits per heavy atom. The van der Waals surface area contributed by atoms with E-state index in [4.69, 9.17) is 17.3 Å². The third-order valence-corrected chi connectivity index (χ3v) is 2.42. The summed E-state index contributed by atoms with van der Waals surface area (Å²) in [6.07, 6.45) is 0.774. The predicted octanol–water partition coefficient (Wildman–Crippen LogP) is 2.16. The van der Waals surface area contributed by atoms with Crippen LogP contribution in [0.5, 0.6) is 0 Å². The Balaban J connectivity index is 2.60. The van der Waals surface area contributed by atoms with Gasteiger partial charge in [-0.15, -0.1) is 11.3 Å². The zero-order chi connectivity index (χ0) is 8.27. The number of hydrogen-bond acceptors (Lipinski definition) is 3. The van der Waals surface area contributed by atoms with Gasteiger partial charge in [0, 0.05) is 6.20 Å². The van der Waals surface area contributed by atoms with E-state index in [-0.39, 0.29) is 0 Å². The minimum Gasteiger partial charge on any atom is -0.330 e. The molecule has 0 radical (unpaired) electrons. The third-order valence-electron chi connectivity index (χ3n) is 1.22. The van der Waals surface area contributed by atoms with Gasteiger partial charge in [0.15, 0.2) is 4.47 Å². The standard InChI is InChI=1S/C6H8ClFN2S/c7-6-10-3-5(11-6)4(8)1-2-9/h3-4H,1-2,9H2. The number of nitrogens with zero attached hydrogens (tertiary/aromatic N) is 1. The van der Waals surface area contributed by atoms with Gasteiger partial charge in [0.1, 0.15) is 6.17 Å². The Bertz CT molecular complexity index is 228. The highest BCUT2D eigenvalue weighted by Crippen LogP contribution is 2.28. The van der Waals surface area contributed by atoms with Gasteiger partial charge in [0.25, 0.3) is 0 Å². The van der Waals surface area contributed by atoms with E-state index < -0.39 is 6.17 Å². The summed E-state index contributed by atoms with van der Waals surface area (Å²) in [5.74, 6) is 0. The second-order valence-electron chi connectivity index (χ2n) is 2.06. The van der Waals surface area contributed by atoms with E-state index in [1.807, 2.05) is 0 Å². The topological polar surface area (TPSA) is 38.9 Å². The number of thiazole rings is 1. The summed E-state index contributed by atoms with van der Waals surface area (Å²) in [5, 5.41) is 0. The van der Waals surface area contributed by atoms with Crippen molar-refractivity contribution in [1.82, 2.24) is 4.98 Å². The lowest BCUT2D eigenvalue weighted by atomic mass is 10.2. The summed E-state index contributed by atoms with van der Waals surface area (Å²) in [6.45, 7) is 0.344. The number of nitrogens with two attached hydrogens (primary N) is 1. The minimum absolute atomic E-state index is 0.332. The molecule has 1 unspecified atom stereocenters. The molecule has 2 nitrogen and oxygen atoms in total. The molecule has 0 aliphatic rings. The molecule has 0 spiro atoms. The van der Waals surface area contributed by atoms with Crippen LogP contribution in [0, 0.1) is 0 Å². The molecule has 1 aromatic rings. The van der Waals surface area contributed by atoms with Crippen LogP contribution in [0.3, 0.4) is 0 Å². The number of alkyl halides is 1. The van der Waals surface area contributed by atoms with E-state index in [1.165, 1.54) is 6.20 Å². The van der Waals surface area contributed by atoms with Crippen LogP contribution in [0.15, 0.2) is 6.20 Å². The molecule has 0 aromatic carbocycles. The van der Waals surface area contributed by atoms with Crippen LogP contribution in [0.2, 0.25) is 4.47 Å². The predicted molar refractivity (Wildman–Crippen MR) is 44.6 cm³/mol. The van der Waals surface area contributed by atoms with Crippen LogP contribution in [0.1, 0.15) is 17.5 Å². The third kappa shape index (κ3) is 2.39. The Morgan fingerprint density at radius 2 is 2.55 bits per heavy atom. The number of halogens is 2. The highest BCUT2D eigenvalue weighted by molar-refractivity contribution is 7.15. The van der Waals surface area contributed by atoms with Crippen molar-refractivity contribution in [3.8, 4) is 0 Å². The van der Waals surface area contributed by atoms with Gasteiger partial charge in [0.05, 0.1) is 4.88 Å². The highest BCUT2D eigenvalue weighted by atomic mass is 35.5. The van der Waals surface area contributed by atoms with Crippen molar-refractivity contribution in [2.45, 2.75) is 12.6 Å². The van der Waals surface area contributed by atoms with Crippen LogP contribution in [0.25, 0.3) is 0 Å². The molecule has 1 heterocycles. The van der Waals surface area contributed by atoms with E-state index in [0.29, 0.717) is 22.3 Å². The molecular weight excluding hydrogens is 187 g/mol. The molecule has 1 rings (SSSR count). The molecule has 62 valence electrons. The maximum Gasteiger partial charge on any atom is 0.183 e. The summed E-state index contributed by atoms with van der Waals surface area (Å²) >= 11 is 6.67. The largest absolute Gasteiger partial charge is 0.330 e. The molecule has 0 aliphatic carbocycles. The first-order chi connectivity index (χ1) is 5.24. The first-order valence-electron chi connectivity index (χ1n) is 3.19. The Labute approximate surface area is 73.2 Å². The van der Waals surface area contributed by atoms with Crippen molar-refractivity contribution in [2.24, 2.45) is 5.73 Å². The van der Waals surface area contributed by atoms with Gasteiger partial charge >= 0.3 is 0 Å². The fourth-order valence-corrected chi connectivity index (χ4v) is 1.66. The highest BCUT2D eigenvalue weighted by Gasteiger charge is 2.11. The zero-order valence-electron chi connectivity index (χ0n) is 5.76. The summed E-state index contributed by atoms with van der Waals surface area (Å²) in [6, 6.07) is 0. The molecule has 0 fully saturated rings. The van der Waals surface area contributed by atoms with Gasteiger partial charge in [-0.25, -0.2) is 9.37 Å². The van der Waals surface area contributed by atoms with Crippen molar-refractivity contribution < 1.29 is 4.39 Å². The van der Waals surface area contributed by atoms with Crippen LogP contribution < -0.4 is 5.73 Å². The molecular formula is C6H8ClFN2S. The lowest BCUT2D eigenvalue weighted by Gasteiger charge is -2.00. The molecule has 0 aliphatic heterocycles. The van der Waals surface area contributed by atoms with Gasteiger partial charge in [-0.1, -0.05) is 11.6 Å². The summed E-state index contributed by atoms with van der Waals surface area (Å²) in [4.78, 5) is 4.28. The summed E-state index contributed by atoms with van der Waals surface area (Å²) in [5.41, 5.74) is 5.18. The van der Waals surface area contributed by atoms with Crippen molar-refractivity contribution in [3.05, 3.63) is 15.5 Å². The van der Waals surface area contributed by atoms with E-state index in [9.17, 15) is 4.39 Å². The van der Waals surface area contributed by atoms with E-state index >= 15 is 0 Å². The van der Waals surface area contributed by atoms with E-state index in [2.05, 4.69) is 4.98 Å². The summed E-state index contributed by atoms with van der Waals surface area (Å²) < 4.78 is 13.4. The van der Waals surface area contributed by atoms with Gasteiger partial charge in [-0.3, -0.25) is 0 Å². The Hall–Kier alpha value is -0.190. The summed E-state index contributed by atoms with van der Waals surface area (Å²) in [7, 11) is 0. The van der Waals surface area contributed by atoms with Gasteiger partial charge < -0.3 is 5.73 Å². The fraction of sp³-hybridized carbons (Fsp3) is 0.500. The van der Waals surface area contributed by atoms with Crippen LogP contribution in [-0.2, 0) is 0 Å². The Morgan fingerprint density at radius 3 is 3.00 bits per heavy atom. The number of hydrogen-bond donors (Lipinski definition) is 1. The van der Waals surface area contributed by atoms with Crippen LogP contribution in [0.4, 0.5) is 4.39 Å². The number of rotatable bonds is 3. The smallest absolute Gasteiger partial charge is 0.183 e. The number of aromatic nitrogens is 1. The average Bonchev–Trinajstić information content (AvgIpc) is 2.36. The monoisotopic (exact) mass is 194 g/mol. The normalized spacial score (nSPS) is 13.4. The van der Waals surface area contributed by atoms with Gasteiger partial charge in [-0.05, 0) is 13.0 Å². The molecule has 0 saturated heterocycles. The minimum atomic E-state index is -1.01. The second kappa shape index (κ2) is 3.99. The lowest BCUT2D eigenvalue weighted by Crippen LogP contribution is -2.02. The Kier molecular flexibility index (Phi) is 3.23. The molecule has 2 N–H and O–H groups in total. The zero-order valence-corrected chi connectivity index (χ0v) is 7.33. The first-order valence-corrected chi connectivity index (χ1v) is 4.39. The first kappa shape index (κ1) is 8.90. The molecule has 1 atom stereocenters. The van der Waals surface area contributed by atoms with Gasteiger partial charge in [-0.2, -0.15) is 0 Å². The molecule has 0 amide bonds. The molecule has 0 bridgehead atoms. The molecule has 1 aromatic heterocycles. The molecule has 0 saturated carbocycles. The lowest BCUT2D eigenvalue weighted by molar-refractivity contribution is 0.333. The molecule has 11 heavy (non-hydrogen) atoms. The quantitative estimate of drug-likeness (QED) is 0.801. The van der Waals surface area contributed by atoms with Gasteiger partial charge in [0.2, 0.25) is 0 Å². The van der Waals surface area contributed by atoms with E-state index in [0.717, 1.165) is 11.3 Å². The van der Waals surface area contributed by atoms with Crippen LogP contribution >= 0.6 is 22.9 Å².